The van der Waals surface area contributed by atoms with Crippen LogP contribution in [0.25, 0.3) is 10.4 Å². The lowest BCUT2D eigenvalue weighted by Gasteiger charge is -2.33. The van der Waals surface area contributed by atoms with E-state index >= 15 is 0 Å². The summed E-state index contributed by atoms with van der Waals surface area (Å²) in [5, 5.41) is 15.5. The summed E-state index contributed by atoms with van der Waals surface area (Å²) in [5.41, 5.74) is 4.89. The quantitative estimate of drug-likeness (QED) is 0.0278. The number of nitro groups is 1. The number of nitrogens with zero attached hydrogens (tertiary/aromatic N) is 5. The monoisotopic (exact) mass is 749 g/mol. The molecule has 0 bridgehead atoms. The van der Waals surface area contributed by atoms with Crippen LogP contribution in [0.2, 0.25) is 0 Å². The van der Waals surface area contributed by atoms with Crippen LogP contribution in [0.5, 0.6) is 5.75 Å². The van der Waals surface area contributed by atoms with Crippen molar-refractivity contribution < 1.29 is 50.7 Å². The summed E-state index contributed by atoms with van der Waals surface area (Å²) in [5.74, 6) is -0.238. The van der Waals surface area contributed by atoms with Crippen molar-refractivity contribution in [1.82, 2.24) is 0 Å². The van der Waals surface area contributed by atoms with Crippen LogP contribution in [0.15, 0.2) is 17.2 Å². The number of ether oxygens (including phenoxy) is 1. The summed E-state index contributed by atoms with van der Waals surface area (Å²) in [7, 11) is -8.54. The molecule has 0 saturated heterocycles. The third kappa shape index (κ3) is 15.0. The molecular weight excluding hydrogens is 696 g/mol. The Morgan fingerprint density at radius 3 is 1.76 bits per heavy atom. The summed E-state index contributed by atoms with van der Waals surface area (Å²) in [6, 6.07) is 2.60. The third-order valence-corrected chi connectivity index (χ3v) is 9.97. The summed E-state index contributed by atoms with van der Waals surface area (Å²) in [6.07, 6.45) is -0.718. The lowest BCUT2D eigenvalue weighted by molar-refractivity contribution is -0.384. The summed E-state index contributed by atoms with van der Waals surface area (Å²) in [6.45, 7) is 19.4. The van der Waals surface area contributed by atoms with Crippen LogP contribution in [0.3, 0.4) is 0 Å². The minimum atomic E-state index is -4.27. The van der Waals surface area contributed by atoms with Crippen LogP contribution < -0.4 is 9.64 Å². The SMILES string of the molecule is CC(C)(C)OP(=O)(OCC(COP(=O)(OC(C)(C)C)OC(C)(C)C)Oc1ccc([N+](=O)[O-])c2c1CCN2C(=O)CCCN=[N+]=[N-])OC(C)(C)C. The molecule has 0 N–H and O–H groups in total. The smallest absolute Gasteiger partial charge is 0.475 e. The van der Waals surface area contributed by atoms with Crippen molar-refractivity contribution >= 4 is 32.9 Å². The van der Waals surface area contributed by atoms with E-state index in [2.05, 4.69) is 10.0 Å². The summed E-state index contributed by atoms with van der Waals surface area (Å²) < 4.78 is 68.8. The van der Waals surface area contributed by atoms with Crippen LogP contribution in [-0.2, 0) is 47.5 Å². The van der Waals surface area contributed by atoms with Gasteiger partial charge in [0, 0.05) is 36.1 Å². The predicted molar refractivity (Wildman–Crippen MR) is 187 cm³/mol. The first-order valence-electron chi connectivity index (χ1n) is 16.3. The molecule has 1 aromatic carbocycles. The average Bonchev–Trinajstić information content (AvgIpc) is 3.34. The number of anilines is 1. The molecule has 0 fully saturated rings. The van der Waals surface area contributed by atoms with E-state index < -0.39 is 62.3 Å². The Balaban J connectivity index is 2.56. The molecule has 1 aliphatic heterocycles. The number of carbonyl (C=O) groups is 1. The van der Waals surface area contributed by atoms with Gasteiger partial charge in [-0.05, 0) is 108 Å². The van der Waals surface area contributed by atoms with Crippen molar-refractivity contribution in [1.29, 1.82) is 0 Å². The number of phosphoric ester groups is 2. The van der Waals surface area contributed by atoms with Crippen molar-refractivity contribution in [3.63, 3.8) is 0 Å². The van der Waals surface area contributed by atoms with Crippen LogP contribution in [0.1, 0.15) is 101 Å². The maximum absolute atomic E-state index is 13.9. The molecule has 0 saturated carbocycles. The average molecular weight is 750 g/mol. The number of fused-ring (bicyclic) bond motifs is 1. The van der Waals surface area contributed by atoms with Gasteiger partial charge in [-0.2, -0.15) is 0 Å². The Kier molecular flexibility index (Phi) is 14.7. The lowest BCUT2D eigenvalue weighted by atomic mass is 10.1. The van der Waals surface area contributed by atoms with Crippen molar-refractivity contribution in [2.24, 2.45) is 5.11 Å². The second-order valence-corrected chi connectivity index (χ2v) is 18.6. The van der Waals surface area contributed by atoms with E-state index in [-0.39, 0.29) is 55.4 Å². The number of carbonyl (C=O) groups excluding carboxylic acids is 1. The number of benzene rings is 1. The van der Waals surface area contributed by atoms with Gasteiger partial charge < -0.3 is 9.64 Å². The van der Waals surface area contributed by atoms with E-state index in [9.17, 15) is 24.0 Å². The van der Waals surface area contributed by atoms with E-state index in [1.807, 2.05) is 0 Å². The zero-order chi connectivity index (χ0) is 38.3. The molecule has 1 heterocycles. The van der Waals surface area contributed by atoms with Crippen LogP contribution >= 0.6 is 15.6 Å². The number of nitro benzene ring substituents is 1. The van der Waals surface area contributed by atoms with E-state index in [0.29, 0.717) is 5.56 Å². The maximum Gasteiger partial charge on any atom is 0.475 e. The molecule has 1 amide bonds. The number of hydrogen-bond acceptors (Lipinski definition) is 13. The fraction of sp³-hybridized carbons (Fsp3) is 0.774. The number of rotatable bonds is 17. The molecule has 0 spiro atoms. The lowest BCUT2D eigenvalue weighted by Crippen LogP contribution is -2.32. The van der Waals surface area contributed by atoms with E-state index in [0.717, 1.165) is 0 Å². The molecule has 0 atom stereocenters. The minimum absolute atomic E-state index is 0.00131. The van der Waals surface area contributed by atoms with Crippen LogP contribution in [0.4, 0.5) is 11.4 Å². The van der Waals surface area contributed by atoms with Gasteiger partial charge >= 0.3 is 15.6 Å². The van der Waals surface area contributed by atoms with Gasteiger partial charge in [-0.15, -0.1) is 0 Å². The Hall–Kier alpha value is -2.58. The molecule has 0 aromatic heterocycles. The van der Waals surface area contributed by atoms with Crippen molar-refractivity contribution in [2.75, 3.05) is 31.2 Å². The highest BCUT2D eigenvalue weighted by atomic mass is 31.2. The number of azide groups is 1. The fourth-order valence-electron chi connectivity index (χ4n) is 4.60. The van der Waals surface area contributed by atoms with E-state index in [1.165, 1.54) is 17.0 Å². The van der Waals surface area contributed by atoms with E-state index in [1.54, 1.807) is 83.1 Å². The molecule has 50 heavy (non-hydrogen) atoms. The van der Waals surface area contributed by atoms with Gasteiger partial charge in [0.15, 0.2) is 0 Å². The third-order valence-electron chi connectivity index (χ3n) is 5.96. The number of amides is 1. The first-order chi connectivity index (χ1) is 22.6. The summed E-state index contributed by atoms with van der Waals surface area (Å²) in [4.78, 5) is 28.6. The Labute approximate surface area is 294 Å². The van der Waals surface area contributed by atoms with Gasteiger partial charge in [0.2, 0.25) is 5.91 Å². The van der Waals surface area contributed by atoms with Crippen LogP contribution in [-0.4, -0.2) is 65.6 Å². The van der Waals surface area contributed by atoms with Gasteiger partial charge in [-0.1, -0.05) is 5.11 Å². The molecule has 284 valence electrons. The number of hydrogen-bond donors (Lipinski definition) is 0. The summed E-state index contributed by atoms with van der Waals surface area (Å²) >= 11 is 0. The Morgan fingerprint density at radius 2 is 1.36 bits per heavy atom. The Morgan fingerprint density at radius 1 is 0.900 bits per heavy atom. The van der Waals surface area contributed by atoms with Gasteiger partial charge in [-0.25, -0.2) is 9.13 Å². The van der Waals surface area contributed by atoms with Gasteiger partial charge in [0.25, 0.3) is 5.69 Å². The number of phosphoric acid groups is 2. The molecule has 0 radical (unpaired) electrons. The van der Waals surface area contributed by atoms with Gasteiger partial charge in [0.1, 0.15) is 17.5 Å². The molecule has 0 unspecified atom stereocenters. The zero-order valence-electron chi connectivity index (χ0n) is 31.2. The molecule has 1 aliphatic rings. The van der Waals surface area contributed by atoms with Crippen molar-refractivity contribution in [3.8, 4) is 5.75 Å². The highest BCUT2D eigenvalue weighted by Gasteiger charge is 2.41. The van der Waals surface area contributed by atoms with Gasteiger partial charge in [0.05, 0.1) is 40.5 Å². The maximum atomic E-state index is 13.9. The molecular formula is C31H53N5O12P2. The highest BCUT2D eigenvalue weighted by molar-refractivity contribution is 7.48. The molecule has 19 heteroatoms. The van der Waals surface area contributed by atoms with E-state index in [4.69, 9.17) is 37.4 Å². The highest BCUT2D eigenvalue weighted by Crippen LogP contribution is 2.57. The first-order valence-corrected chi connectivity index (χ1v) is 19.2. The topological polar surface area (TPSA) is 211 Å². The van der Waals surface area contributed by atoms with Crippen molar-refractivity contribution in [3.05, 3.63) is 38.3 Å². The largest absolute Gasteiger partial charge is 0.485 e. The molecule has 0 aliphatic carbocycles. The first kappa shape index (κ1) is 43.6. The molecule has 1 aromatic rings. The van der Waals surface area contributed by atoms with Crippen molar-refractivity contribution in [2.45, 2.75) is 131 Å². The fourth-order valence-corrected chi connectivity index (χ4v) is 8.27. The van der Waals surface area contributed by atoms with Crippen LogP contribution in [0, 0.1) is 10.1 Å². The normalized spacial score (nSPS) is 14.5. The molecule has 17 nitrogen and oxygen atoms in total. The second-order valence-electron chi connectivity index (χ2n) is 15.6. The van der Waals surface area contributed by atoms with Gasteiger partial charge in [-0.3, -0.25) is 42.1 Å². The predicted octanol–water partition coefficient (Wildman–Crippen LogP) is 8.83. The molecule has 2 rings (SSSR count). The standard InChI is InChI=1S/C31H53N5O12P2/c1-28(2,3)45-49(40,46-29(4,5)6)42-20-22(21-43-50(41,47-30(7,8)9)48-31(10,11)12)44-25-16-15-24(36(38)39)27-23(25)17-19-35(27)26(37)14-13-18-33-34-32/h15-16,22H,13-14,17-21H2,1-12H3. The second kappa shape index (κ2) is 16.8. The zero-order valence-corrected chi connectivity index (χ0v) is 33.0. The minimum Gasteiger partial charge on any atom is -0.485 e. The Bertz CT molecular complexity index is 1410.